The summed E-state index contributed by atoms with van der Waals surface area (Å²) in [6.07, 6.45) is 3.74. The Morgan fingerprint density at radius 3 is 2.65 bits per heavy atom. The molecular weight excluding hydrogens is 310 g/mol. The Bertz CT molecular complexity index is 792. The van der Waals surface area contributed by atoms with E-state index in [-0.39, 0.29) is 5.91 Å². The lowest BCUT2D eigenvalue weighted by Gasteiger charge is -2.05. The normalized spacial score (nSPS) is 10.8. The van der Waals surface area contributed by atoms with E-state index in [9.17, 15) is 4.79 Å². The van der Waals surface area contributed by atoms with E-state index in [1.54, 1.807) is 6.26 Å². The number of amides is 1. The fourth-order valence-corrected chi connectivity index (χ4v) is 2.69. The molecule has 0 aliphatic rings. The minimum absolute atomic E-state index is 0.0627. The van der Waals surface area contributed by atoms with Crippen LogP contribution in [0.5, 0.6) is 0 Å². The molecule has 3 aromatic rings. The van der Waals surface area contributed by atoms with Crippen molar-refractivity contribution in [3.8, 4) is 0 Å². The SMILES string of the molecule is O=C(CCc1ccc(Cl)cc1)NCCc1coc2ccccc12. The van der Waals surface area contributed by atoms with Gasteiger partial charge < -0.3 is 9.73 Å². The van der Waals surface area contributed by atoms with Crippen molar-refractivity contribution in [2.45, 2.75) is 19.3 Å². The second kappa shape index (κ2) is 7.34. The molecule has 118 valence electrons. The van der Waals surface area contributed by atoms with Gasteiger partial charge in [0, 0.05) is 23.4 Å². The molecule has 0 radical (unpaired) electrons. The van der Waals surface area contributed by atoms with Gasteiger partial charge in [-0.15, -0.1) is 0 Å². The third kappa shape index (κ3) is 4.14. The first-order valence-electron chi connectivity index (χ1n) is 7.68. The van der Waals surface area contributed by atoms with E-state index in [0.29, 0.717) is 18.0 Å². The van der Waals surface area contributed by atoms with E-state index in [1.165, 1.54) is 0 Å². The van der Waals surface area contributed by atoms with Crippen LogP contribution < -0.4 is 5.32 Å². The number of fused-ring (bicyclic) bond motifs is 1. The first-order chi connectivity index (χ1) is 11.2. The number of benzene rings is 2. The van der Waals surface area contributed by atoms with Gasteiger partial charge in [0.15, 0.2) is 0 Å². The number of para-hydroxylation sites is 1. The van der Waals surface area contributed by atoms with Crippen molar-refractivity contribution in [1.29, 1.82) is 0 Å². The average molecular weight is 328 g/mol. The highest BCUT2D eigenvalue weighted by Crippen LogP contribution is 2.20. The largest absolute Gasteiger partial charge is 0.464 e. The summed E-state index contributed by atoms with van der Waals surface area (Å²) < 4.78 is 5.50. The number of hydrogen-bond donors (Lipinski definition) is 1. The van der Waals surface area contributed by atoms with Crippen LogP contribution in [0.3, 0.4) is 0 Å². The van der Waals surface area contributed by atoms with Gasteiger partial charge in [0.2, 0.25) is 5.91 Å². The molecule has 1 heterocycles. The highest BCUT2D eigenvalue weighted by atomic mass is 35.5. The molecule has 0 saturated heterocycles. The van der Waals surface area contributed by atoms with Crippen LogP contribution in [0.1, 0.15) is 17.5 Å². The maximum Gasteiger partial charge on any atom is 0.220 e. The monoisotopic (exact) mass is 327 g/mol. The van der Waals surface area contributed by atoms with Crippen molar-refractivity contribution in [2.75, 3.05) is 6.54 Å². The zero-order chi connectivity index (χ0) is 16.1. The highest BCUT2D eigenvalue weighted by molar-refractivity contribution is 6.30. The second-order valence-electron chi connectivity index (χ2n) is 5.48. The van der Waals surface area contributed by atoms with Gasteiger partial charge in [-0.1, -0.05) is 41.9 Å². The van der Waals surface area contributed by atoms with Gasteiger partial charge in [-0.25, -0.2) is 0 Å². The van der Waals surface area contributed by atoms with Crippen LogP contribution in [0, 0.1) is 0 Å². The van der Waals surface area contributed by atoms with Gasteiger partial charge in [0.1, 0.15) is 5.58 Å². The Balaban J connectivity index is 1.45. The smallest absolute Gasteiger partial charge is 0.220 e. The molecule has 0 atom stereocenters. The molecule has 3 nitrogen and oxygen atoms in total. The highest BCUT2D eigenvalue weighted by Gasteiger charge is 2.06. The third-order valence-corrected chi connectivity index (χ3v) is 4.08. The lowest BCUT2D eigenvalue weighted by molar-refractivity contribution is -0.121. The molecule has 1 N–H and O–H groups in total. The molecule has 1 amide bonds. The van der Waals surface area contributed by atoms with Crippen LogP contribution in [0.15, 0.2) is 59.2 Å². The number of carbonyl (C=O) groups is 1. The summed E-state index contributed by atoms with van der Waals surface area (Å²) >= 11 is 5.85. The van der Waals surface area contributed by atoms with Crippen molar-refractivity contribution in [1.82, 2.24) is 5.32 Å². The number of rotatable bonds is 6. The molecule has 23 heavy (non-hydrogen) atoms. The average Bonchev–Trinajstić information content (AvgIpc) is 2.98. The molecule has 4 heteroatoms. The summed E-state index contributed by atoms with van der Waals surface area (Å²) in [5.74, 6) is 0.0627. The third-order valence-electron chi connectivity index (χ3n) is 3.83. The fraction of sp³-hybridized carbons (Fsp3) is 0.211. The van der Waals surface area contributed by atoms with Crippen LogP contribution in [0.2, 0.25) is 5.02 Å². The summed E-state index contributed by atoms with van der Waals surface area (Å²) in [5, 5.41) is 4.79. The molecule has 1 aromatic heterocycles. The van der Waals surface area contributed by atoms with E-state index in [1.807, 2.05) is 48.5 Å². The maximum atomic E-state index is 11.9. The van der Waals surface area contributed by atoms with Crippen molar-refractivity contribution < 1.29 is 9.21 Å². The molecular formula is C19H18ClNO2. The van der Waals surface area contributed by atoms with E-state index in [4.69, 9.17) is 16.0 Å². The lowest BCUT2D eigenvalue weighted by Crippen LogP contribution is -2.25. The quantitative estimate of drug-likeness (QED) is 0.730. The molecule has 3 rings (SSSR count). The Kier molecular flexibility index (Phi) is 4.99. The zero-order valence-corrected chi connectivity index (χ0v) is 13.5. The van der Waals surface area contributed by atoms with Gasteiger partial charge >= 0.3 is 0 Å². The zero-order valence-electron chi connectivity index (χ0n) is 12.7. The van der Waals surface area contributed by atoms with Crippen molar-refractivity contribution in [3.05, 3.63) is 70.9 Å². The number of halogens is 1. The Morgan fingerprint density at radius 2 is 1.83 bits per heavy atom. The topological polar surface area (TPSA) is 42.2 Å². The summed E-state index contributed by atoms with van der Waals surface area (Å²) in [5.41, 5.74) is 3.13. The van der Waals surface area contributed by atoms with Crippen molar-refractivity contribution in [3.63, 3.8) is 0 Å². The van der Waals surface area contributed by atoms with Gasteiger partial charge in [-0.05, 0) is 42.2 Å². The Labute approximate surface area is 140 Å². The minimum Gasteiger partial charge on any atom is -0.464 e. The predicted molar refractivity (Wildman–Crippen MR) is 92.7 cm³/mol. The van der Waals surface area contributed by atoms with Gasteiger partial charge in [0.25, 0.3) is 0 Å². The number of aryl methyl sites for hydroxylation is 1. The maximum absolute atomic E-state index is 11.9. The Morgan fingerprint density at radius 1 is 1.04 bits per heavy atom. The first kappa shape index (κ1) is 15.6. The molecule has 0 fully saturated rings. The summed E-state index contributed by atoms with van der Waals surface area (Å²) in [4.78, 5) is 11.9. The summed E-state index contributed by atoms with van der Waals surface area (Å²) in [6, 6.07) is 15.5. The number of furan rings is 1. The number of hydrogen-bond acceptors (Lipinski definition) is 2. The number of carbonyl (C=O) groups excluding carboxylic acids is 1. The number of nitrogens with one attached hydrogen (secondary N) is 1. The van der Waals surface area contributed by atoms with E-state index in [2.05, 4.69) is 5.32 Å². The van der Waals surface area contributed by atoms with E-state index in [0.717, 1.165) is 34.9 Å². The molecule has 0 aliphatic heterocycles. The van der Waals surface area contributed by atoms with Crippen LogP contribution in [0.4, 0.5) is 0 Å². The lowest BCUT2D eigenvalue weighted by atomic mass is 10.1. The van der Waals surface area contributed by atoms with E-state index >= 15 is 0 Å². The van der Waals surface area contributed by atoms with Crippen LogP contribution in [0.25, 0.3) is 11.0 Å². The molecule has 0 bridgehead atoms. The molecule has 0 aliphatic carbocycles. The first-order valence-corrected chi connectivity index (χ1v) is 8.06. The van der Waals surface area contributed by atoms with Crippen LogP contribution in [-0.4, -0.2) is 12.5 Å². The van der Waals surface area contributed by atoms with E-state index < -0.39 is 0 Å². The van der Waals surface area contributed by atoms with Gasteiger partial charge in [0.05, 0.1) is 6.26 Å². The minimum atomic E-state index is 0.0627. The van der Waals surface area contributed by atoms with Gasteiger partial charge in [-0.2, -0.15) is 0 Å². The van der Waals surface area contributed by atoms with Crippen LogP contribution >= 0.6 is 11.6 Å². The standard InChI is InChI=1S/C19H18ClNO2/c20-16-8-5-14(6-9-16)7-10-19(22)21-12-11-15-13-23-18-4-2-1-3-17(15)18/h1-6,8-9,13H,7,10-12H2,(H,21,22). The van der Waals surface area contributed by atoms with Crippen LogP contribution in [-0.2, 0) is 17.6 Å². The molecule has 0 spiro atoms. The molecule has 2 aromatic carbocycles. The fourth-order valence-electron chi connectivity index (χ4n) is 2.56. The summed E-state index contributed by atoms with van der Waals surface area (Å²) in [7, 11) is 0. The molecule has 0 saturated carbocycles. The summed E-state index contributed by atoms with van der Waals surface area (Å²) in [6.45, 7) is 0.614. The predicted octanol–water partition coefficient (Wildman–Crippen LogP) is 4.38. The second-order valence-corrected chi connectivity index (χ2v) is 5.92. The van der Waals surface area contributed by atoms with Gasteiger partial charge in [-0.3, -0.25) is 4.79 Å². The van der Waals surface area contributed by atoms with Crippen molar-refractivity contribution >= 4 is 28.5 Å². The Hall–Kier alpha value is -2.26. The molecule has 0 unspecified atom stereocenters. The van der Waals surface area contributed by atoms with Crippen molar-refractivity contribution in [2.24, 2.45) is 0 Å².